The Kier molecular flexibility index (Phi) is 5.41. The van der Waals surface area contributed by atoms with Crippen LogP contribution in [0.4, 0.5) is 5.82 Å². The average Bonchev–Trinajstić information content (AvgIpc) is 2.60. The van der Waals surface area contributed by atoms with Crippen LogP contribution in [0, 0.1) is 0 Å². The molecule has 1 aromatic heterocycles. The number of fused-ring (bicyclic) bond motifs is 1. The fourth-order valence-corrected chi connectivity index (χ4v) is 3.97. The summed E-state index contributed by atoms with van der Waals surface area (Å²) in [5.41, 5.74) is 0.708. The summed E-state index contributed by atoms with van der Waals surface area (Å²) in [7, 11) is -3.31. The minimum Gasteiger partial charge on any atom is -0.354 e. The molecular weight excluding hydrogens is 352 g/mol. The monoisotopic (exact) mass is 376 g/mol. The predicted octanol–water partition coefficient (Wildman–Crippen LogP) is 1.92. The first-order valence-corrected chi connectivity index (χ1v) is 10.8. The first-order valence-electron chi connectivity index (χ1n) is 8.87. The summed E-state index contributed by atoms with van der Waals surface area (Å²) in [4.78, 5) is 22.9. The van der Waals surface area contributed by atoms with E-state index in [-0.39, 0.29) is 16.8 Å². The van der Waals surface area contributed by atoms with Crippen LogP contribution in [0.15, 0.2) is 29.4 Å². The topological polar surface area (TPSA) is 92.3 Å². The first-order chi connectivity index (χ1) is 12.4. The van der Waals surface area contributed by atoms with E-state index in [0.717, 1.165) is 37.0 Å². The number of hydrogen-bond acceptors (Lipinski definition) is 6. The molecule has 1 aliphatic rings. The van der Waals surface area contributed by atoms with Crippen molar-refractivity contribution in [2.24, 2.45) is 0 Å². The normalized spacial score (nSPS) is 18.1. The highest BCUT2D eigenvalue weighted by Gasteiger charge is 2.24. The summed E-state index contributed by atoms with van der Waals surface area (Å²) in [6.07, 6.45) is 5.92. The minimum absolute atomic E-state index is 0.0749. The summed E-state index contributed by atoms with van der Waals surface area (Å²) in [5.74, 6) is 0.793. The van der Waals surface area contributed by atoms with E-state index in [2.05, 4.69) is 20.2 Å². The van der Waals surface area contributed by atoms with Crippen LogP contribution in [-0.2, 0) is 14.6 Å². The van der Waals surface area contributed by atoms with Crippen molar-refractivity contribution in [3.8, 4) is 0 Å². The van der Waals surface area contributed by atoms with E-state index < -0.39 is 9.84 Å². The van der Waals surface area contributed by atoms with Gasteiger partial charge in [0.15, 0.2) is 9.84 Å². The molecule has 3 rings (SSSR count). The van der Waals surface area contributed by atoms with E-state index in [1.807, 2.05) is 6.92 Å². The smallest absolute Gasteiger partial charge is 0.220 e. The van der Waals surface area contributed by atoms with Crippen molar-refractivity contribution >= 4 is 32.5 Å². The number of rotatable bonds is 5. The largest absolute Gasteiger partial charge is 0.354 e. The van der Waals surface area contributed by atoms with Crippen LogP contribution in [-0.4, -0.2) is 49.7 Å². The van der Waals surface area contributed by atoms with Crippen LogP contribution >= 0.6 is 0 Å². The molecule has 0 bridgehead atoms. The molecule has 0 spiro atoms. The third-order valence-corrected chi connectivity index (χ3v) is 5.69. The number of anilines is 1. The van der Waals surface area contributed by atoms with Gasteiger partial charge < -0.3 is 10.2 Å². The number of piperidine rings is 1. The highest BCUT2D eigenvalue weighted by atomic mass is 32.2. The second-order valence-electron chi connectivity index (χ2n) is 6.75. The standard InChI is InChI=1S/C18H24N4O3S/c1-3-5-17(23)21-13-6-4-9-22(11-13)18-15-10-14(26(2,24)25)7-8-16(15)19-12-20-18/h7-8,10,12-13H,3-6,9,11H2,1-2H3,(H,21,23). The van der Waals surface area contributed by atoms with Gasteiger partial charge in [-0.05, 0) is 37.5 Å². The van der Waals surface area contributed by atoms with Crippen LogP contribution in [0.2, 0.25) is 0 Å². The Bertz CT molecular complexity index is 914. The molecule has 2 aromatic rings. The van der Waals surface area contributed by atoms with Gasteiger partial charge in [-0.15, -0.1) is 0 Å². The van der Waals surface area contributed by atoms with E-state index in [1.54, 1.807) is 18.2 Å². The molecule has 1 fully saturated rings. The van der Waals surface area contributed by atoms with E-state index >= 15 is 0 Å². The van der Waals surface area contributed by atoms with Crippen LogP contribution < -0.4 is 10.2 Å². The van der Waals surface area contributed by atoms with E-state index in [0.29, 0.717) is 18.5 Å². The predicted molar refractivity (Wildman–Crippen MR) is 101 cm³/mol. The second-order valence-corrected chi connectivity index (χ2v) is 8.77. The molecule has 7 nitrogen and oxygen atoms in total. The molecular formula is C18H24N4O3S. The molecule has 0 saturated carbocycles. The molecule has 1 amide bonds. The third-order valence-electron chi connectivity index (χ3n) is 4.58. The lowest BCUT2D eigenvalue weighted by atomic mass is 10.0. The van der Waals surface area contributed by atoms with Gasteiger partial charge in [0.1, 0.15) is 12.1 Å². The van der Waals surface area contributed by atoms with Gasteiger partial charge in [-0.2, -0.15) is 0 Å². The lowest BCUT2D eigenvalue weighted by molar-refractivity contribution is -0.121. The van der Waals surface area contributed by atoms with E-state index in [9.17, 15) is 13.2 Å². The Morgan fingerprint density at radius 2 is 2.15 bits per heavy atom. The van der Waals surface area contributed by atoms with Crippen molar-refractivity contribution in [3.63, 3.8) is 0 Å². The van der Waals surface area contributed by atoms with Crippen LogP contribution in [0.5, 0.6) is 0 Å². The summed E-state index contributed by atoms with van der Waals surface area (Å²) >= 11 is 0. The summed E-state index contributed by atoms with van der Waals surface area (Å²) in [6.45, 7) is 3.46. The minimum atomic E-state index is -3.31. The number of sulfone groups is 1. The number of carbonyl (C=O) groups is 1. The molecule has 1 unspecified atom stereocenters. The first kappa shape index (κ1) is 18.6. The SMILES string of the molecule is CCCC(=O)NC1CCCN(c2ncnc3ccc(S(C)(=O)=O)cc23)C1. The lowest BCUT2D eigenvalue weighted by Crippen LogP contribution is -2.48. The number of hydrogen-bond donors (Lipinski definition) is 1. The van der Waals surface area contributed by atoms with E-state index in [4.69, 9.17) is 0 Å². The molecule has 8 heteroatoms. The van der Waals surface area contributed by atoms with Crippen LogP contribution in [0.25, 0.3) is 10.9 Å². The maximum absolute atomic E-state index is 11.9. The van der Waals surface area contributed by atoms with Gasteiger partial charge in [-0.1, -0.05) is 6.92 Å². The molecule has 1 aromatic carbocycles. The fraction of sp³-hybridized carbons (Fsp3) is 0.500. The van der Waals surface area contributed by atoms with Crippen molar-refractivity contribution < 1.29 is 13.2 Å². The number of aromatic nitrogens is 2. The number of amides is 1. The Hall–Kier alpha value is -2.22. The molecule has 0 radical (unpaired) electrons. The number of carbonyl (C=O) groups excluding carboxylic acids is 1. The maximum Gasteiger partial charge on any atom is 0.220 e. The fourth-order valence-electron chi connectivity index (χ4n) is 3.32. The number of benzene rings is 1. The average molecular weight is 376 g/mol. The Morgan fingerprint density at radius 1 is 1.35 bits per heavy atom. The Labute approximate surface area is 153 Å². The van der Waals surface area contributed by atoms with Crippen LogP contribution in [0.1, 0.15) is 32.6 Å². The van der Waals surface area contributed by atoms with Gasteiger partial charge in [0.2, 0.25) is 5.91 Å². The maximum atomic E-state index is 11.9. The molecule has 1 atom stereocenters. The van der Waals surface area contributed by atoms with Gasteiger partial charge in [0, 0.05) is 37.2 Å². The second kappa shape index (κ2) is 7.57. The molecule has 26 heavy (non-hydrogen) atoms. The molecule has 1 saturated heterocycles. The Balaban J connectivity index is 1.90. The van der Waals surface area contributed by atoms with Gasteiger partial charge in [0.05, 0.1) is 10.4 Å². The zero-order valence-corrected chi connectivity index (χ0v) is 15.9. The van der Waals surface area contributed by atoms with Gasteiger partial charge in [-0.3, -0.25) is 4.79 Å². The summed E-state index contributed by atoms with van der Waals surface area (Å²) < 4.78 is 23.8. The van der Waals surface area contributed by atoms with Crippen molar-refractivity contribution in [1.82, 2.24) is 15.3 Å². The van der Waals surface area contributed by atoms with E-state index in [1.165, 1.54) is 12.6 Å². The van der Waals surface area contributed by atoms with Crippen molar-refractivity contribution in [1.29, 1.82) is 0 Å². The highest BCUT2D eigenvalue weighted by Crippen LogP contribution is 2.27. The van der Waals surface area contributed by atoms with Gasteiger partial charge >= 0.3 is 0 Å². The highest BCUT2D eigenvalue weighted by molar-refractivity contribution is 7.90. The van der Waals surface area contributed by atoms with Crippen molar-refractivity contribution in [3.05, 3.63) is 24.5 Å². The molecule has 0 aliphatic carbocycles. The Morgan fingerprint density at radius 3 is 2.88 bits per heavy atom. The summed E-state index contributed by atoms with van der Waals surface area (Å²) in [6, 6.07) is 4.99. The van der Waals surface area contributed by atoms with Crippen molar-refractivity contribution in [2.75, 3.05) is 24.2 Å². The lowest BCUT2D eigenvalue weighted by Gasteiger charge is -2.34. The zero-order valence-electron chi connectivity index (χ0n) is 15.1. The molecule has 2 heterocycles. The quantitative estimate of drug-likeness (QED) is 0.857. The molecule has 140 valence electrons. The number of nitrogens with zero attached hydrogens (tertiary/aromatic N) is 3. The van der Waals surface area contributed by atoms with Gasteiger partial charge in [-0.25, -0.2) is 18.4 Å². The molecule has 1 N–H and O–H groups in total. The van der Waals surface area contributed by atoms with Crippen molar-refractivity contribution in [2.45, 2.75) is 43.5 Å². The van der Waals surface area contributed by atoms with Crippen LogP contribution in [0.3, 0.4) is 0 Å². The molecule has 1 aliphatic heterocycles. The number of nitrogens with one attached hydrogen (secondary N) is 1. The van der Waals surface area contributed by atoms with Gasteiger partial charge in [0.25, 0.3) is 0 Å². The zero-order chi connectivity index (χ0) is 18.7. The summed E-state index contributed by atoms with van der Waals surface area (Å²) in [5, 5.41) is 3.80. The third kappa shape index (κ3) is 4.12.